The van der Waals surface area contributed by atoms with Gasteiger partial charge >= 0.3 is 0 Å². The number of pyridine rings is 1. The quantitative estimate of drug-likeness (QED) is 0.525. The van der Waals surface area contributed by atoms with Crippen molar-refractivity contribution >= 4 is 33.2 Å². The number of aromatic nitrogens is 4. The zero-order valence-corrected chi connectivity index (χ0v) is 14.2. The van der Waals surface area contributed by atoms with E-state index in [2.05, 4.69) is 27.1 Å². The van der Waals surface area contributed by atoms with Crippen molar-refractivity contribution in [2.75, 3.05) is 0 Å². The number of aryl methyl sites for hydroxylation is 2. The molecule has 0 aromatic carbocycles. The minimum Gasteiger partial charge on any atom is -0.287 e. The van der Waals surface area contributed by atoms with E-state index < -0.39 is 0 Å². The van der Waals surface area contributed by atoms with Gasteiger partial charge in [0.25, 0.3) is 0 Å². The Hall–Kier alpha value is -2.24. The van der Waals surface area contributed by atoms with Crippen molar-refractivity contribution < 1.29 is 0 Å². The Bertz CT molecular complexity index is 982. The third-order valence-corrected chi connectivity index (χ3v) is 5.39. The molecule has 0 radical (unpaired) electrons. The van der Waals surface area contributed by atoms with E-state index in [0.717, 1.165) is 37.1 Å². The predicted octanol–water partition coefficient (Wildman–Crippen LogP) is 4.81. The van der Waals surface area contributed by atoms with Crippen LogP contribution in [-0.2, 0) is 0 Å². The summed E-state index contributed by atoms with van der Waals surface area (Å²) in [5, 5.41) is 0.724. The molecule has 4 heterocycles. The van der Waals surface area contributed by atoms with Gasteiger partial charge in [0.2, 0.25) is 5.95 Å². The fourth-order valence-electron chi connectivity index (χ4n) is 2.60. The van der Waals surface area contributed by atoms with Gasteiger partial charge in [-0.2, -0.15) is 0 Å². The normalized spacial score (nSPS) is 11.3. The smallest absolute Gasteiger partial charge is 0.234 e. The molecule has 0 spiro atoms. The van der Waals surface area contributed by atoms with Crippen LogP contribution in [0.15, 0.2) is 42.9 Å². The summed E-state index contributed by atoms with van der Waals surface area (Å²) in [5.41, 5.74) is 4.11. The van der Waals surface area contributed by atoms with E-state index in [1.54, 1.807) is 23.6 Å². The van der Waals surface area contributed by atoms with E-state index >= 15 is 0 Å². The molecule has 0 saturated carbocycles. The summed E-state index contributed by atoms with van der Waals surface area (Å²) in [6.07, 6.45) is 5.41. The van der Waals surface area contributed by atoms with Gasteiger partial charge in [-0.3, -0.25) is 9.55 Å². The Morgan fingerprint density at radius 3 is 2.35 bits per heavy atom. The SMILES string of the molecule is Cc1ccc(C)n1-c1ncc(-c2cc3nccc(Cl)c3s2)cn1. The number of rotatable bonds is 2. The second-order valence-corrected chi connectivity index (χ2v) is 6.80. The van der Waals surface area contributed by atoms with Gasteiger partial charge in [-0.05, 0) is 38.1 Å². The lowest BCUT2D eigenvalue weighted by molar-refractivity contribution is 0.873. The molecule has 6 heteroatoms. The maximum atomic E-state index is 6.22. The van der Waals surface area contributed by atoms with Crippen LogP contribution in [0, 0.1) is 13.8 Å². The molecule has 0 unspecified atom stereocenters. The molecule has 0 bridgehead atoms. The summed E-state index contributed by atoms with van der Waals surface area (Å²) >= 11 is 7.83. The fourth-order valence-corrected chi connectivity index (χ4v) is 3.86. The van der Waals surface area contributed by atoms with Crippen LogP contribution in [0.5, 0.6) is 0 Å². The molecule has 4 aromatic rings. The van der Waals surface area contributed by atoms with Crippen molar-refractivity contribution in [2.24, 2.45) is 0 Å². The first-order valence-electron chi connectivity index (χ1n) is 7.15. The molecular weight excluding hydrogens is 328 g/mol. The molecule has 4 rings (SSSR count). The van der Waals surface area contributed by atoms with E-state index in [0.29, 0.717) is 5.95 Å². The van der Waals surface area contributed by atoms with Crippen molar-refractivity contribution in [1.82, 2.24) is 19.5 Å². The van der Waals surface area contributed by atoms with Gasteiger partial charge in [0.1, 0.15) is 0 Å². The van der Waals surface area contributed by atoms with Crippen LogP contribution < -0.4 is 0 Å². The van der Waals surface area contributed by atoms with E-state index in [9.17, 15) is 0 Å². The highest BCUT2D eigenvalue weighted by atomic mass is 35.5. The molecule has 114 valence electrons. The first-order valence-corrected chi connectivity index (χ1v) is 8.35. The highest BCUT2D eigenvalue weighted by Gasteiger charge is 2.10. The third kappa shape index (κ3) is 2.42. The lowest BCUT2D eigenvalue weighted by Crippen LogP contribution is -2.03. The van der Waals surface area contributed by atoms with Gasteiger partial charge in [0.05, 0.1) is 15.2 Å². The maximum absolute atomic E-state index is 6.22. The summed E-state index contributed by atoms with van der Waals surface area (Å²) in [4.78, 5) is 14.4. The minimum absolute atomic E-state index is 0.686. The molecule has 0 aliphatic carbocycles. The molecule has 0 N–H and O–H groups in total. The first-order chi connectivity index (χ1) is 11.1. The third-order valence-electron chi connectivity index (χ3n) is 3.76. The highest BCUT2D eigenvalue weighted by molar-refractivity contribution is 7.22. The molecule has 0 fully saturated rings. The lowest BCUT2D eigenvalue weighted by atomic mass is 10.2. The average molecular weight is 341 g/mol. The zero-order valence-electron chi connectivity index (χ0n) is 12.6. The molecule has 23 heavy (non-hydrogen) atoms. The van der Waals surface area contributed by atoms with Crippen molar-refractivity contribution in [3.63, 3.8) is 0 Å². The molecule has 0 aliphatic rings. The highest BCUT2D eigenvalue weighted by Crippen LogP contribution is 2.35. The molecule has 0 saturated heterocycles. The van der Waals surface area contributed by atoms with E-state index in [4.69, 9.17) is 11.6 Å². The van der Waals surface area contributed by atoms with Crippen LogP contribution in [0.1, 0.15) is 11.4 Å². The van der Waals surface area contributed by atoms with Crippen LogP contribution >= 0.6 is 22.9 Å². The van der Waals surface area contributed by atoms with E-state index in [-0.39, 0.29) is 0 Å². The van der Waals surface area contributed by atoms with Gasteiger partial charge in [0, 0.05) is 40.4 Å². The second-order valence-electron chi connectivity index (χ2n) is 5.34. The molecule has 0 amide bonds. The number of halogens is 1. The number of thiophene rings is 1. The molecule has 0 atom stereocenters. The zero-order chi connectivity index (χ0) is 16.0. The number of hydrogen-bond donors (Lipinski definition) is 0. The summed E-state index contributed by atoms with van der Waals surface area (Å²) < 4.78 is 3.03. The summed E-state index contributed by atoms with van der Waals surface area (Å²) in [7, 11) is 0. The Morgan fingerprint density at radius 1 is 1.00 bits per heavy atom. The largest absolute Gasteiger partial charge is 0.287 e. The second kappa shape index (κ2) is 5.44. The van der Waals surface area contributed by atoms with Gasteiger partial charge in [0.15, 0.2) is 0 Å². The molecular formula is C17H13ClN4S. The monoisotopic (exact) mass is 340 g/mol. The van der Waals surface area contributed by atoms with E-state index in [1.165, 1.54) is 0 Å². The first kappa shape index (κ1) is 14.4. The van der Waals surface area contributed by atoms with Crippen LogP contribution in [0.4, 0.5) is 0 Å². The summed E-state index contributed by atoms with van der Waals surface area (Å²) in [6, 6.07) is 7.95. The van der Waals surface area contributed by atoms with Crippen molar-refractivity contribution in [3.8, 4) is 16.4 Å². The molecule has 4 nitrogen and oxygen atoms in total. The Morgan fingerprint density at radius 2 is 1.70 bits per heavy atom. The topological polar surface area (TPSA) is 43.6 Å². The van der Waals surface area contributed by atoms with Gasteiger partial charge in [-0.25, -0.2) is 9.97 Å². The van der Waals surface area contributed by atoms with Gasteiger partial charge in [-0.1, -0.05) is 11.6 Å². The average Bonchev–Trinajstić information content (AvgIpc) is 3.12. The lowest BCUT2D eigenvalue weighted by Gasteiger charge is -2.07. The van der Waals surface area contributed by atoms with Crippen LogP contribution in [0.2, 0.25) is 5.02 Å². The Kier molecular flexibility index (Phi) is 3.39. The fraction of sp³-hybridized carbons (Fsp3) is 0.118. The Labute approximate surface area is 142 Å². The maximum Gasteiger partial charge on any atom is 0.234 e. The van der Waals surface area contributed by atoms with Gasteiger partial charge < -0.3 is 0 Å². The van der Waals surface area contributed by atoms with Gasteiger partial charge in [-0.15, -0.1) is 11.3 Å². The van der Waals surface area contributed by atoms with Crippen LogP contribution in [0.25, 0.3) is 26.6 Å². The van der Waals surface area contributed by atoms with Crippen LogP contribution in [0.3, 0.4) is 0 Å². The van der Waals surface area contributed by atoms with E-state index in [1.807, 2.05) is 36.9 Å². The van der Waals surface area contributed by atoms with Crippen LogP contribution in [-0.4, -0.2) is 19.5 Å². The summed E-state index contributed by atoms with van der Waals surface area (Å²) in [5.74, 6) is 0.686. The number of nitrogens with zero attached hydrogens (tertiary/aromatic N) is 4. The number of fused-ring (bicyclic) bond motifs is 1. The molecule has 4 aromatic heterocycles. The summed E-state index contributed by atoms with van der Waals surface area (Å²) in [6.45, 7) is 4.09. The minimum atomic E-state index is 0.686. The Balaban J connectivity index is 1.77. The number of hydrogen-bond acceptors (Lipinski definition) is 4. The predicted molar refractivity (Wildman–Crippen MR) is 94.5 cm³/mol. The van der Waals surface area contributed by atoms with Crippen molar-refractivity contribution in [3.05, 3.63) is 59.3 Å². The molecule has 0 aliphatic heterocycles. The van der Waals surface area contributed by atoms with Crippen molar-refractivity contribution in [2.45, 2.75) is 13.8 Å². The van der Waals surface area contributed by atoms with Crippen molar-refractivity contribution in [1.29, 1.82) is 0 Å². The standard InChI is InChI=1S/C17H13ClN4S/c1-10-3-4-11(2)22(10)17-20-8-12(9-21-17)15-7-14-16(23-15)13(18)5-6-19-14/h3-9H,1-2H3.